The molecule has 0 aliphatic rings. The van der Waals surface area contributed by atoms with Gasteiger partial charge in [-0.3, -0.25) is 0 Å². The maximum Gasteiger partial charge on any atom is 0.0518 e. The van der Waals surface area contributed by atoms with E-state index in [-0.39, 0.29) is 13.2 Å². The molecule has 0 aromatic heterocycles. The molecule has 0 rings (SSSR count). The molecule has 0 unspecified atom stereocenters. The normalized spacial score (nSPS) is 11.3. The third-order valence-corrected chi connectivity index (χ3v) is 2.24. The lowest BCUT2D eigenvalue weighted by atomic mass is 9.93. The third-order valence-electron chi connectivity index (χ3n) is 2.24. The van der Waals surface area contributed by atoms with Crippen molar-refractivity contribution in [3.05, 3.63) is 0 Å². The molecule has 0 aliphatic heterocycles. The predicted molar refractivity (Wildman–Crippen MR) is 57.8 cm³/mol. The van der Waals surface area contributed by atoms with Gasteiger partial charge in [0.25, 0.3) is 0 Å². The van der Waals surface area contributed by atoms with Gasteiger partial charge in [0, 0.05) is 18.4 Å². The van der Waals surface area contributed by atoms with Gasteiger partial charge in [0.05, 0.1) is 13.2 Å². The van der Waals surface area contributed by atoms with Gasteiger partial charge in [-0.2, -0.15) is 0 Å². The second-order valence-corrected chi connectivity index (χ2v) is 3.96. The highest BCUT2D eigenvalue weighted by atomic mass is 16.3. The van der Waals surface area contributed by atoms with Crippen LogP contribution in [-0.4, -0.2) is 36.5 Å². The molecule has 0 aliphatic carbocycles. The molecule has 0 atom stereocenters. The number of nitrogens with one attached hydrogen (secondary N) is 1. The van der Waals surface area contributed by atoms with Crippen LogP contribution in [0, 0.1) is 17.8 Å². The molecule has 14 heavy (non-hydrogen) atoms. The van der Waals surface area contributed by atoms with Gasteiger partial charge in [-0.05, 0) is 19.4 Å². The highest BCUT2D eigenvalue weighted by molar-refractivity contribution is 4.83. The number of hydrogen-bond donors (Lipinski definition) is 3. The highest BCUT2D eigenvalue weighted by Crippen LogP contribution is 2.11. The Morgan fingerprint density at radius 1 is 1.29 bits per heavy atom. The van der Waals surface area contributed by atoms with Gasteiger partial charge in [0.15, 0.2) is 0 Å². The van der Waals surface area contributed by atoms with Crippen molar-refractivity contribution in [2.75, 3.05) is 26.3 Å². The van der Waals surface area contributed by atoms with Crippen LogP contribution < -0.4 is 5.32 Å². The van der Waals surface area contributed by atoms with Crippen molar-refractivity contribution < 1.29 is 10.2 Å². The van der Waals surface area contributed by atoms with E-state index in [0.717, 1.165) is 25.8 Å². The van der Waals surface area contributed by atoms with E-state index >= 15 is 0 Å². The summed E-state index contributed by atoms with van der Waals surface area (Å²) < 4.78 is 0. The Bertz CT molecular complexity index is 171. The lowest BCUT2D eigenvalue weighted by Gasteiger charge is -2.24. The molecule has 0 heterocycles. The van der Waals surface area contributed by atoms with Crippen LogP contribution >= 0.6 is 0 Å². The van der Waals surface area contributed by atoms with E-state index in [1.54, 1.807) is 0 Å². The highest BCUT2D eigenvalue weighted by Gasteiger charge is 2.21. The molecular weight excluding hydrogens is 178 g/mol. The number of aliphatic hydroxyl groups excluding tert-OH is 2. The number of unbranched alkanes of at least 4 members (excludes halogenated alkanes) is 2. The Hall–Kier alpha value is -0.560. The average Bonchev–Trinajstić information content (AvgIpc) is 2.23. The second kappa shape index (κ2) is 7.81. The Kier molecular flexibility index (Phi) is 7.50. The maximum absolute atomic E-state index is 9.00. The van der Waals surface area contributed by atoms with Gasteiger partial charge >= 0.3 is 0 Å². The van der Waals surface area contributed by atoms with Gasteiger partial charge in [-0.1, -0.05) is 6.92 Å². The quantitative estimate of drug-likeness (QED) is 0.391. The average molecular weight is 199 g/mol. The summed E-state index contributed by atoms with van der Waals surface area (Å²) in [6.07, 6.45) is 8.00. The van der Waals surface area contributed by atoms with Crippen molar-refractivity contribution in [3.63, 3.8) is 0 Å². The SMILES string of the molecule is C#CCCCCNCC(C)(CO)CO. The maximum atomic E-state index is 9.00. The first-order chi connectivity index (χ1) is 6.68. The zero-order valence-electron chi connectivity index (χ0n) is 8.92. The molecule has 82 valence electrons. The summed E-state index contributed by atoms with van der Waals surface area (Å²) in [4.78, 5) is 0. The molecule has 0 saturated heterocycles. The van der Waals surface area contributed by atoms with Crippen molar-refractivity contribution >= 4 is 0 Å². The Labute approximate surface area is 86.5 Å². The van der Waals surface area contributed by atoms with Gasteiger partial charge in [0.2, 0.25) is 0 Å². The van der Waals surface area contributed by atoms with Crippen LogP contribution in [0.4, 0.5) is 0 Å². The summed E-state index contributed by atoms with van der Waals surface area (Å²) in [5.41, 5.74) is -0.411. The Morgan fingerprint density at radius 3 is 2.43 bits per heavy atom. The smallest absolute Gasteiger partial charge is 0.0518 e. The number of terminal acetylenes is 1. The van der Waals surface area contributed by atoms with Crippen LogP contribution in [0.15, 0.2) is 0 Å². The number of rotatable bonds is 8. The van der Waals surface area contributed by atoms with Crippen molar-refractivity contribution in [2.45, 2.75) is 26.2 Å². The molecule has 0 radical (unpaired) electrons. The van der Waals surface area contributed by atoms with Crippen molar-refractivity contribution in [1.29, 1.82) is 0 Å². The Morgan fingerprint density at radius 2 is 1.93 bits per heavy atom. The molecule has 0 amide bonds. The molecule has 3 N–H and O–H groups in total. The minimum atomic E-state index is -0.411. The van der Waals surface area contributed by atoms with E-state index in [9.17, 15) is 0 Å². The first-order valence-electron chi connectivity index (χ1n) is 5.04. The molecule has 3 nitrogen and oxygen atoms in total. The summed E-state index contributed by atoms with van der Waals surface area (Å²) in [6.45, 7) is 3.37. The molecular formula is C11H21NO2. The van der Waals surface area contributed by atoms with Crippen molar-refractivity contribution in [1.82, 2.24) is 5.32 Å². The molecule has 0 aromatic rings. The topological polar surface area (TPSA) is 52.5 Å². The van der Waals surface area contributed by atoms with Crippen LogP contribution in [0.2, 0.25) is 0 Å². The minimum Gasteiger partial charge on any atom is -0.396 e. The van der Waals surface area contributed by atoms with Gasteiger partial charge < -0.3 is 15.5 Å². The van der Waals surface area contributed by atoms with E-state index in [1.165, 1.54) is 0 Å². The summed E-state index contributed by atoms with van der Waals surface area (Å²) in [7, 11) is 0. The molecule has 0 saturated carbocycles. The number of aliphatic hydroxyl groups is 2. The monoisotopic (exact) mass is 199 g/mol. The summed E-state index contributed by atoms with van der Waals surface area (Å²) in [5.74, 6) is 2.59. The van der Waals surface area contributed by atoms with Crippen LogP contribution in [0.3, 0.4) is 0 Å². The van der Waals surface area contributed by atoms with Crippen molar-refractivity contribution in [2.24, 2.45) is 5.41 Å². The van der Waals surface area contributed by atoms with E-state index < -0.39 is 5.41 Å². The van der Waals surface area contributed by atoms with Crippen LogP contribution in [0.25, 0.3) is 0 Å². The summed E-state index contributed by atoms with van der Waals surface area (Å²) >= 11 is 0. The fraction of sp³-hybridized carbons (Fsp3) is 0.818. The lowest BCUT2D eigenvalue weighted by molar-refractivity contribution is 0.0699. The van der Waals surface area contributed by atoms with Crippen LogP contribution in [0.1, 0.15) is 26.2 Å². The zero-order valence-corrected chi connectivity index (χ0v) is 8.92. The third kappa shape index (κ3) is 5.98. The molecule has 0 fully saturated rings. The predicted octanol–water partition coefficient (Wildman–Crippen LogP) is 0.370. The molecule has 0 spiro atoms. The molecule has 0 bridgehead atoms. The van der Waals surface area contributed by atoms with Crippen LogP contribution in [0.5, 0.6) is 0 Å². The first kappa shape index (κ1) is 13.4. The summed E-state index contributed by atoms with van der Waals surface area (Å²) in [5, 5.41) is 21.2. The van der Waals surface area contributed by atoms with Gasteiger partial charge in [-0.25, -0.2) is 0 Å². The first-order valence-corrected chi connectivity index (χ1v) is 5.04. The van der Waals surface area contributed by atoms with E-state index in [1.807, 2.05) is 6.92 Å². The largest absolute Gasteiger partial charge is 0.396 e. The lowest BCUT2D eigenvalue weighted by Crippen LogP contribution is -2.38. The zero-order chi connectivity index (χ0) is 10.9. The van der Waals surface area contributed by atoms with Gasteiger partial charge in [-0.15, -0.1) is 12.3 Å². The van der Waals surface area contributed by atoms with Gasteiger partial charge in [0.1, 0.15) is 0 Å². The number of hydrogen-bond acceptors (Lipinski definition) is 3. The second-order valence-electron chi connectivity index (χ2n) is 3.96. The summed E-state index contributed by atoms with van der Waals surface area (Å²) in [6, 6.07) is 0. The van der Waals surface area contributed by atoms with Crippen molar-refractivity contribution in [3.8, 4) is 12.3 Å². The van der Waals surface area contributed by atoms with Crippen LogP contribution in [-0.2, 0) is 0 Å². The van der Waals surface area contributed by atoms with E-state index in [2.05, 4.69) is 11.2 Å². The standard InChI is InChI=1S/C11H21NO2/c1-3-4-5-6-7-12-8-11(2,9-13)10-14/h1,12-14H,4-10H2,2H3. The Balaban J connectivity index is 3.39. The molecule has 0 aromatic carbocycles. The fourth-order valence-electron chi connectivity index (χ4n) is 1.03. The van der Waals surface area contributed by atoms with E-state index in [0.29, 0.717) is 6.54 Å². The minimum absolute atomic E-state index is 0.000849. The fourth-order valence-corrected chi connectivity index (χ4v) is 1.03. The molecule has 3 heteroatoms. The van der Waals surface area contributed by atoms with E-state index in [4.69, 9.17) is 16.6 Å².